The van der Waals surface area contributed by atoms with Gasteiger partial charge in [-0.2, -0.15) is 0 Å². The number of nitrogens with zero attached hydrogens (tertiary/aromatic N) is 1. The molecule has 1 aromatic rings. The maximum absolute atomic E-state index is 11.9. The number of benzene rings is 1. The minimum absolute atomic E-state index is 0.200. The molecule has 0 fully saturated rings. The van der Waals surface area contributed by atoms with Crippen LogP contribution in [0.1, 0.15) is 32.8 Å². The lowest BCUT2D eigenvalue weighted by molar-refractivity contribution is -0.143. The summed E-state index contributed by atoms with van der Waals surface area (Å²) in [5, 5.41) is 0. The third-order valence-corrected chi connectivity index (χ3v) is 3.03. The quantitative estimate of drug-likeness (QED) is 0.615. The molecular formula is C16H19NO2. The van der Waals surface area contributed by atoms with E-state index in [9.17, 15) is 4.79 Å². The van der Waals surface area contributed by atoms with Crippen molar-refractivity contribution in [2.45, 2.75) is 33.3 Å². The molecule has 1 aliphatic heterocycles. The normalized spacial score (nSPS) is 21.5. The van der Waals surface area contributed by atoms with Crippen molar-refractivity contribution in [1.82, 2.24) is 0 Å². The Bertz CT molecular complexity index is 515. The van der Waals surface area contributed by atoms with Gasteiger partial charge >= 0.3 is 5.97 Å². The standard InChI is InChI=1S/C16H19NO2/c1-4-8-13-16(18)19-15(11(2)3)14(17-13)12-9-6-5-7-10-12/h5-11,15H,4H2,1-3H3/b13-8-/t15-/m0/s1. The van der Waals surface area contributed by atoms with Crippen LogP contribution in [0, 0.1) is 5.92 Å². The number of carbonyl (C=O) groups is 1. The van der Waals surface area contributed by atoms with Crippen molar-refractivity contribution in [3.05, 3.63) is 47.7 Å². The molecule has 0 aromatic heterocycles. The molecule has 0 bridgehead atoms. The molecule has 1 atom stereocenters. The van der Waals surface area contributed by atoms with Crippen molar-refractivity contribution in [3.8, 4) is 0 Å². The summed E-state index contributed by atoms with van der Waals surface area (Å²) in [6.07, 6.45) is 2.30. The molecule has 0 amide bonds. The van der Waals surface area contributed by atoms with Crippen LogP contribution in [0.2, 0.25) is 0 Å². The molecule has 0 aliphatic carbocycles. The number of aliphatic imine (C=N–C) groups is 1. The number of rotatable bonds is 3. The molecule has 0 radical (unpaired) electrons. The fraction of sp³-hybridized carbons (Fsp3) is 0.375. The lowest BCUT2D eigenvalue weighted by Crippen LogP contribution is -2.37. The Morgan fingerprint density at radius 1 is 1.32 bits per heavy atom. The average molecular weight is 257 g/mol. The summed E-state index contributed by atoms with van der Waals surface area (Å²) in [4.78, 5) is 16.4. The second-order valence-electron chi connectivity index (χ2n) is 4.93. The minimum Gasteiger partial charge on any atom is -0.451 e. The van der Waals surface area contributed by atoms with Gasteiger partial charge in [0.15, 0.2) is 0 Å². The molecule has 1 aliphatic rings. The molecule has 0 saturated heterocycles. The van der Waals surface area contributed by atoms with E-state index in [1.807, 2.05) is 57.2 Å². The number of esters is 1. The molecule has 1 aromatic carbocycles. The van der Waals surface area contributed by atoms with E-state index in [1.54, 1.807) is 0 Å². The number of ether oxygens (including phenoxy) is 1. The van der Waals surface area contributed by atoms with E-state index >= 15 is 0 Å². The van der Waals surface area contributed by atoms with Crippen molar-refractivity contribution in [2.75, 3.05) is 0 Å². The molecule has 1 heterocycles. The third kappa shape index (κ3) is 2.92. The maximum Gasteiger partial charge on any atom is 0.357 e. The van der Waals surface area contributed by atoms with Crippen LogP contribution < -0.4 is 0 Å². The summed E-state index contributed by atoms with van der Waals surface area (Å²) in [6, 6.07) is 9.89. The zero-order chi connectivity index (χ0) is 13.8. The molecule has 2 rings (SSSR count). The van der Waals surface area contributed by atoms with E-state index in [2.05, 4.69) is 4.99 Å². The maximum atomic E-state index is 11.9. The summed E-state index contributed by atoms with van der Waals surface area (Å²) in [7, 11) is 0. The van der Waals surface area contributed by atoms with E-state index < -0.39 is 0 Å². The van der Waals surface area contributed by atoms with E-state index in [-0.39, 0.29) is 18.0 Å². The lowest BCUT2D eigenvalue weighted by atomic mass is 9.95. The number of cyclic esters (lactones) is 1. The number of hydrogen-bond acceptors (Lipinski definition) is 3. The van der Waals surface area contributed by atoms with Gasteiger partial charge in [0, 0.05) is 0 Å². The zero-order valence-electron chi connectivity index (χ0n) is 11.6. The van der Waals surface area contributed by atoms with Crippen LogP contribution >= 0.6 is 0 Å². The Morgan fingerprint density at radius 3 is 2.58 bits per heavy atom. The van der Waals surface area contributed by atoms with E-state index in [1.165, 1.54) is 0 Å². The highest BCUT2D eigenvalue weighted by molar-refractivity contribution is 6.10. The van der Waals surface area contributed by atoms with Gasteiger partial charge in [-0.3, -0.25) is 0 Å². The van der Waals surface area contributed by atoms with Crippen LogP contribution in [0.25, 0.3) is 0 Å². The van der Waals surface area contributed by atoms with Crippen molar-refractivity contribution < 1.29 is 9.53 Å². The lowest BCUT2D eigenvalue weighted by Gasteiger charge is -2.27. The smallest absolute Gasteiger partial charge is 0.357 e. The summed E-state index contributed by atoms with van der Waals surface area (Å²) >= 11 is 0. The first-order valence-electron chi connectivity index (χ1n) is 6.68. The largest absolute Gasteiger partial charge is 0.451 e. The SMILES string of the molecule is CC/C=C1\N=C(c2ccccc2)[C@H](C(C)C)OC1=O. The van der Waals surface area contributed by atoms with Crippen LogP contribution in [-0.2, 0) is 9.53 Å². The Kier molecular flexibility index (Phi) is 4.15. The second-order valence-corrected chi connectivity index (χ2v) is 4.93. The van der Waals surface area contributed by atoms with E-state index in [0.717, 1.165) is 17.7 Å². The van der Waals surface area contributed by atoms with Crippen molar-refractivity contribution in [1.29, 1.82) is 0 Å². The van der Waals surface area contributed by atoms with Crippen LogP contribution in [0.5, 0.6) is 0 Å². The molecule has 0 unspecified atom stereocenters. The van der Waals surface area contributed by atoms with Crippen LogP contribution in [0.4, 0.5) is 0 Å². The monoisotopic (exact) mass is 257 g/mol. The van der Waals surface area contributed by atoms with Gasteiger partial charge in [-0.15, -0.1) is 0 Å². The minimum atomic E-state index is -0.319. The van der Waals surface area contributed by atoms with Gasteiger partial charge in [-0.05, 0) is 17.9 Å². The van der Waals surface area contributed by atoms with Gasteiger partial charge in [0.2, 0.25) is 0 Å². The molecule has 0 saturated carbocycles. The summed E-state index contributed by atoms with van der Waals surface area (Å²) in [5.74, 6) is -0.119. The zero-order valence-corrected chi connectivity index (χ0v) is 11.6. The first-order chi connectivity index (χ1) is 9.13. The average Bonchev–Trinajstić information content (AvgIpc) is 2.41. The third-order valence-electron chi connectivity index (χ3n) is 3.03. The first-order valence-corrected chi connectivity index (χ1v) is 6.68. The molecular weight excluding hydrogens is 238 g/mol. The Balaban J connectivity index is 2.47. The van der Waals surface area contributed by atoms with Crippen molar-refractivity contribution in [3.63, 3.8) is 0 Å². The van der Waals surface area contributed by atoms with Gasteiger partial charge in [0.25, 0.3) is 0 Å². The van der Waals surface area contributed by atoms with Crippen molar-refractivity contribution >= 4 is 11.7 Å². The topological polar surface area (TPSA) is 38.7 Å². The highest BCUT2D eigenvalue weighted by atomic mass is 16.5. The van der Waals surface area contributed by atoms with Gasteiger partial charge in [-0.1, -0.05) is 57.2 Å². The van der Waals surface area contributed by atoms with Crippen LogP contribution in [0.15, 0.2) is 47.1 Å². The van der Waals surface area contributed by atoms with Gasteiger partial charge in [0.1, 0.15) is 11.8 Å². The molecule has 19 heavy (non-hydrogen) atoms. The highest BCUT2D eigenvalue weighted by Gasteiger charge is 2.31. The number of carbonyl (C=O) groups excluding carboxylic acids is 1. The number of allylic oxidation sites excluding steroid dienone is 1. The van der Waals surface area contributed by atoms with E-state index in [4.69, 9.17) is 4.74 Å². The molecule has 0 N–H and O–H groups in total. The van der Waals surface area contributed by atoms with Crippen molar-refractivity contribution in [2.24, 2.45) is 10.9 Å². The second kappa shape index (κ2) is 5.83. The predicted octanol–water partition coefficient (Wildman–Crippen LogP) is 3.35. The molecule has 0 spiro atoms. The molecule has 3 heteroatoms. The van der Waals surface area contributed by atoms with Crippen LogP contribution in [-0.4, -0.2) is 17.8 Å². The van der Waals surface area contributed by atoms with Gasteiger partial charge < -0.3 is 4.74 Å². The molecule has 3 nitrogen and oxygen atoms in total. The van der Waals surface area contributed by atoms with Gasteiger partial charge in [0.05, 0.1) is 5.71 Å². The van der Waals surface area contributed by atoms with Crippen LogP contribution in [0.3, 0.4) is 0 Å². The van der Waals surface area contributed by atoms with Gasteiger partial charge in [-0.25, -0.2) is 9.79 Å². The number of hydrogen-bond donors (Lipinski definition) is 0. The fourth-order valence-electron chi connectivity index (χ4n) is 2.08. The fourth-order valence-corrected chi connectivity index (χ4v) is 2.08. The Labute approximate surface area is 114 Å². The predicted molar refractivity (Wildman–Crippen MR) is 76.1 cm³/mol. The first kappa shape index (κ1) is 13.5. The Hall–Kier alpha value is -1.90. The van der Waals surface area contributed by atoms with E-state index in [0.29, 0.717) is 5.70 Å². The summed E-state index contributed by atoms with van der Waals surface area (Å²) < 4.78 is 5.54. The Morgan fingerprint density at radius 2 is 2.00 bits per heavy atom. The summed E-state index contributed by atoms with van der Waals surface area (Å²) in [5.41, 5.74) is 2.27. The summed E-state index contributed by atoms with van der Waals surface area (Å²) in [6.45, 7) is 6.04. The molecule has 100 valence electrons. The highest BCUT2D eigenvalue weighted by Crippen LogP contribution is 2.23.